The normalized spacial score (nSPS) is 13.3. The quantitative estimate of drug-likeness (QED) is 0.748. The van der Waals surface area contributed by atoms with Crippen LogP contribution in [0.5, 0.6) is 0 Å². The molecule has 0 spiro atoms. The number of hydrogen-bond acceptors (Lipinski definition) is 2. The first-order valence-corrected chi connectivity index (χ1v) is 6.80. The molecule has 110 valence electrons. The summed E-state index contributed by atoms with van der Waals surface area (Å²) >= 11 is 0. The first-order valence-electron chi connectivity index (χ1n) is 6.80. The average molecular weight is 278 g/mol. The summed E-state index contributed by atoms with van der Waals surface area (Å²) in [6.07, 6.45) is 1.12. The van der Waals surface area contributed by atoms with Gasteiger partial charge in [-0.1, -0.05) is 43.2 Å². The topological polar surface area (TPSA) is 78.4 Å². The molecule has 0 aromatic heterocycles. The molecule has 2 amide bonds. The summed E-state index contributed by atoms with van der Waals surface area (Å²) in [6, 6.07) is 6.36. The van der Waals surface area contributed by atoms with Gasteiger partial charge in [0.25, 0.3) is 0 Å². The summed E-state index contributed by atoms with van der Waals surface area (Å²) < 4.78 is 0. The van der Waals surface area contributed by atoms with Crippen LogP contribution in [0, 0.1) is 6.92 Å². The summed E-state index contributed by atoms with van der Waals surface area (Å²) in [7, 11) is 0. The van der Waals surface area contributed by atoms with Crippen molar-refractivity contribution in [3.63, 3.8) is 0 Å². The Labute approximate surface area is 119 Å². The molecule has 1 unspecified atom stereocenters. The third kappa shape index (κ3) is 4.91. The van der Waals surface area contributed by atoms with Crippen molar-refractivity contribution in [2.24, 2.45) is 0 Å². The largest absolute Gasteiger partial charge is 0.480 e. The van der Waals surface area contributed by atoms with Gasteiger partial charge in [-0.05, 0) is 25.8 Å². The second kappa shape index (κ2) is 7.53. The van der Waals surface area contributed by atoms with Crippen molar-refractivity contribution in [1.29, 1.82) is 0 Å². The molecule has 0 radical (unpaired) electrons. The van der Waals surface area contributed by atoms with Gasteiger partial charge in [-0.15, -0.1) is 0 Å². The lowest BCUT2D eigenvalue weighted by Crippen LogP contribution is -2.46. The van der Waals surface area contributed by atoms with Crippen LogP contribution in [-0.2, 0) is 4.79 Å². The molecular weight excluding hydrogens is 256 g/mol. The SMILES string of the molecule is CCC[C@@H](NC(=O)NC(C)c1ccc(C)cc1)C(=O)O. The zero-order valence-corrected chi connectivity index (χ0v) is 12.1. The highest BCUT2D eigenvalue weighted by Gasteiger charge is 2.19. The Morgan fingerprint density at radius 2 is 1.80 bits per heavy atom. The Bertz CT molecular complexity index is 457. The molecule has 1 aromatic rings. The van der Waals surface area contributed by atoms with Crippen molar-refractivity contribution < 1.29 is 14.7 Å². The van der Waals surface area contributed by atoms with E-state index < -0.39 is 18.0 Å². The second-order valence-electron chi connectivity index (χ2n) is 4.93. The number of urea groups is 1. The molecule has 5 heteroatoms. The molecule has 20 heavy (non-hydrogen) atoms. The van der Waals surface area contributed by atoms with E-state index in [9.17, 15) is 9.59 Å². The highest BCUT2D eigenvalue weighted by molar-refractivity contribution is 5.82. The highest BCUT2D eigenvalue weighted by Crippen LogP contribution is 2.12. The van der Waals surface area contributed by atoms with Gasteiger partial charge in [-0.2, -0.15) is 0 Å². The van der Waals surface area contributed by atoms with Crippen LogP contribution in [0.4, 0.5) is 4.79 Å². The number of benzene rings is 1. The first-order chi connectivity index (χ1) is 9.43. The monoisotopic (exact) mass is 278 g/mol. The van der Waals surface area contributed by atoms with Gasteiger partial charge in [0.2, 0.25) is 0 Å². The maximum atomic E-state index is 11.8. The third-order valence-corrected chi connectivity index (χ3v) is 3.11. The number of aryl methyl sites for hydroxylation is 1. The zero-order valence-electron chi connectivity index (χ0n) is 12.1. The number of carboxylic acids is 1. The number of hydrogen-bond donors (Lipinski definition) is 3. The molecule has 0 aliphatic carbocycles. The van der Waals surface area contributed by atoms with Gasteiger partial charge in [-0.3, -0.25) is 0 Å². The van der Waals surface area contributed by atoms with Gasteiger partial charge < -0.3 is 15.7 Å². The first kappa shape index (κ1) is 16.0. The predicted molar refractivity (Wildman–Crippen MR) is 77.6 cm³/mol. The van der Waals surface area contributed by atoms with E-state index in [2.05, 4.69) is 10.6 Å². The molecule has 0 aliphatic rings. The summed E-state index contributed by atoms with van der Waals surface area (Å²) in [5, 5.41) is 14.2. The van der Waals surface area contributed by atoms with E-state index in [1.807, 2.05) is 45.0 Å². The average Bonchev–Trinajstić information content (AvgIpc) is 2.38. The number of aliphatic carboxylic acids is 1. The second-order valence-corrected chi connectivity index (χ2v) is 4.93. The Kier molecular flexibility index (Phi) is 6.03. The molecule has 0 aliphatic heterocycles. The van der Waals surface area contributed by atoms with Gasteiger partial charge in [0.15, 0.2) is 0 Å². The fraction of sp³-hybridized carbons (Fsp3) is 0.467. The van der Waals surface area contributed by atoms with Crippen molar-refractivity contribution in [2.45, 2.75) is 45.7 Å². The summed E-state index contributed by atoms with van der Waals surface area (Å²) in [6.45, 7) is 5.74. The fourth-order valence-electron chi connectivity index (χ4n) is 1.88. The molecule has 3 N–H and O–H groups in total. The smallest absolute Gasteiger partial charge is 0.326 e. The van der Waals surface area contributed by atoms with E-state index in [-0.39, 0.29) is 6.04 Å². The van der Waals surface area contributed by atoms with E-state index >= 15 is 0 Å². The minimum atomic E-state index is -1.01. The Morgan fingerprint density at radius 3 is 2.30 bits per heavy atom. The van der Waals surface area contributed by atoms with E-state index in [4.69, 9.17) is 5.11 Å². The van der Waals surface area contributed by atoms with Gasteiger partial charge >= 0.3 is 12.0 Å². The maximum absolute atomic E-state index is 11.8. The molecule has 2 atom stereocenters. The molecule has 5 nitrogen and oxygen atoms in total. The number of carbonyl (C=O) groups is 2. The van der Waals surface area contributed by atoms with Crippen LogP contribution >= 0.6 is 0 Å². The van der Waals surface area contributed by atoms with Crippen LogP contribution in [0.25, 0.3) is 0 Å². The number of carbonyl (C=O) groups excluding carboxylic acids is 1. The summed E-state index contributed by atoms with van der Waals surface area (Å²) in [5.74, 6) is -1.01. The molecule has 1 rings (SSSR count). The molecule has 0 saturated carbocycles. The number of carboxylic acid groups (broad SMARTS) is 1. The molecule has 0 heterocycles. The number of rotatable bonds is 6. The zero-order chi connectivity index (χ0) is 15.1. The van der Waals surface area contributed by atoms with Crippen molar-refractivity contribution in [1.82, 2.24) is 10.6 Å². The highest BCUT2D eigenvalue weighted by atomic mass is 16.4. The summed E-state index contributed by atoms with van der Waals surface area (Å²) in [5.41, 5.74) is 2.13. The lowest BCUT2D eigenvalue weighted by Gasteiger charge is -2.18. The van der Waals surface area contributed by atoms with Crippen molar-refractivity contribution in [2.75, 3.05) is 0 Å². The number of nitrogens with one attached hydrogen (secondary N) is 2. The Hall–Kier alpha value is -2.04. The van der Waals surface area contributed by atoms with Crippen molar-refractivity contribution >= 4 is 12.0 Å². The standard InChI is InChI=1S/C15H22N2O3/c1-4-5-13(14(18)19)17-15(20)16-11(3)12-8-6-10(2)7-9-12/h6-9,11,13H,4-5H2,1-3H3,(H,18,19)(H2,16,17,20)/t11?,13-/m1/s1. The van der Waals surface area contributed by atoms with E-state index in [0.717, 1.165) is 11.1 Å². The predicted octanol–water partition coefficient (Wildman–Crippen LogP) is 2.61. The molecular formula is C15H22N2O3. The lowest BCUT2D eigenvalue weighted by molar-refractivity contribution is -0.139. The minimum Gasteiger partial charge on any atom is -0.480 e. The van der Waals surface area contributed by atoms with E-state index in [1.165, 1.54) is 0 Å². The fourth-order valence-corrected chi connectivity index (χ4v) is 1.88. The van der Waals surface area contributed by atoms with Crippen molar-refractivity contribution in [3.05, 3.63) is 35.4 Å². The van der Waals surface area contributed by atoms with Crippen LogP contribution in [0.1, 0.15) is 43.9 Å². The lowest BCUT2D eigenvalue weighted by atomic mass is 10.1. The third-order valence-electron chi connectivity index (χ3n) is 3.11. The van der Waals surface area contributed by atoms with Crippen LogP contribution in [-0.4, -0.2) is 23.1 Å². The molecule has 0 saturated heterocycles. The Balaban J connectivity index is 2.56. The molecule has 0 bridgehead atoms. The van der Waals surface area contributed by atoms with Gasteiger partial charge in [0.05, 0.1) is 6.04 Å². The van der Waals surface area contributed by atoms with E-state index in [0.29, 0.717) is 12.8 Å². The van der Waals surface area contributed by atoms with Crippen LogP contribution in [0.3, 0.4) is 0 Å². The van der Waals surface area contributed by atoms with Gasteiger partial charge in [0.1, 0.15) is 6.04 Å². The maximum Gasteiger partial charge on any atom is 0.326 e. The van der Waals surface area contributed by atoms with Gasteiger partial charge in [-0.25, -0.2) is 9.59 Å². The number of amides is 2. The molecule has 0 fully saturated rings. The van der Waals surface area contributed by atoms with Crippen molar-refractivity contribution in [3.8, 4) is 0 Å². The van der Waals surface area contributed by atoms with Crippen LogP contribution in [0.15, 0.2) is 24.3 Å². The van der Waals surface area contributed by atoms with Crippen LogP contribution < -0.4 is 10.6 Å². The summed E-state index contributed by atoms with van der Waals surface area (Å²) in [4.78, 5) is 22.8. The van der Waals surface area contributed by atoms with Crippen LogP contribution in [0.2, 0.25) is 0 Å². The Morgan fingerprint density at radius 1 is 1.20 bits per heavy atom. The van der Waals surface area contributed by atoms with Gasteiger partial charge in [0, 0.05) is 0 Å². The van der Waals surface area contributed by atoms with E-state index in [1.54, 1.807) is 0 Å². The molecule has 1 aromatic carbocycles. The minimum absolute atomic E-state index is 0.174.